The maximum absolute atomic E-state index is 3.69. The van der Waals surface area contributed by atoms with E-state index in [1.807, 2.05) is 0 Å². The molecule has 0 aliphatic rings. The first-order chi connectivity index (χ1) is 19.4. The summed E-state index contributed by atoms with van der Waals surface area (Å²) in [7, 11) is 0. The lowest BCUT2D eigenvalue weighted by molar-refractivity contribution is 0.516. The first kappa shape index (κ1) is 38.7. The maximum atomic E-state index is 3.69. The van der Waals surface area contributed by atoms with E-state index < -0.39 is 0 Å². The molecule has 0 saturated heterocycles. The highest BCUT2D eigenvalue weighted by atomic mass is 14.8. The fourth-order valence-electron chi connectivity index (χ4n) is 5.90. The van der Waals surface area contributed by atoms with Crippen LogP contribution in [0.25, 0.3) is 0 Å². The minimum atomic E-state index is 1.24. The summed E-state index contributed by atoms with van der Waals surface area (Å²) in [5.41, 5.74) is 0. The van der Waals surface area contributed by atoms with Gasteiger partial charge in [-0.3, -0.25) is 0 Å². The topological polar surface area (TPSA) is 12.0 Å². The first-order valence-electron chi connectivity index (χ1n) is 18.7. The van der Waals surface area contributed by atoms with Gasteiger partial charge in [0.1, 0.15) is 0 Å². The quantitative estimate of drug-likeness (QED) is 0.0614. The van der Waals surface area contributed by atoms with Crippen LogP contribution in [0.15, 0.2) is 12.2 Å². The number of unbranched alkanes of at least 4 members (excludes halogenated alkanes) is 30. The van der Waals surface area contributed by atoms with Crippen LogP contribution >= 0.6 is 0 Å². The lowest BCUT2D eigenvalue weighted by atomic mass is 10.0. The molecule has 0 amide bonds. The van der Waals surface area contributed by atoms with Crippen molar-refractivity contribution < 1.29 is 0 Å². The summed E-state index contributed by atoms with van der Waals surface area (Å²) in [6.45, 7) is 6.92. The molecule has 0 saturated carbocycles. The van der Waals surface area contributed by atoms with E-state index in [-0.39, 0.29) is 0 Å². The van der Waals surface area contributed by atoms with Crippen molar-refractivity contribution in [2.24, 2.45) is 0 Å². The van der Waals surface area contributed by atoms with Gasteiger partial charge in [-0.25, -0.2) is 0 Å². The van der Waals surface area contributed by atoms with Gasteiger partial charge in [0.2, 0.25) is 0 Å². The number of nitrogens with one attached hydrogen (secondary N) is 1. The smallest absolute Gasteiger partial charge is 0.00489 e. The molecule has 0 spiro atoms. The average molecular weight is 548 g/mol. The van der Waals surface area contributed by atoms with Crippen LogP contribution in [0.5, 0.6) is 0 Å². The maximum Gasteiger partial charge on any atom is -0.00489 e. The third-order valence-electron chi connectivity index (χ3n) is 8.67. The molecule has 0 aliphatic heterocycles. The van der Waals surface area contributed by atoms with Crippen LogP contribution in [-0.4, -0.2) is 13.1 Å². The number of rotatable bonds is 35. The first-order valence-corrected chi connectivity index (χ1v) is 18.7. The second-order valence-electron chi connectivity index (χ2n) is 12.7. The Morgan fingerprint density at radius 2 is 0.590 bits per heavy atom. The van der Waals surface area contributed by atoms with Gasteiger partial charge in [-0.1, -0.05) is 199 Å². The molecule has 0 fully saturated rings. The zero-order valence-electron chi connectivity index (χ0n) is 27.7. The van der Waals surface area contributed by atoms with E-state index in [1.54, 1.807) is 0 Å². The van der Waals surface area contributed by atoms with E-state index in [2.05, 4.69) is 31.3 Å². The molecule has 1 nitrogen and oxygen atoms in total. The van der Waals surface area contributed by atoms with E-state index in [9.17, 15) is 0 Å². The van der Waals surface area contributed by atoms with Gasteiger partial charge in [0.25, 0.3) is 0 Å². The summed E-state index contributed by atoms with van der Waals surface area (Å²) >= 11 is 0. The molecule has 1 N–H and O–H groups in total. The molecule has 0 aromatic heterocycles. The third-order valence-corrected chi connectivity index (χ3v) is 8.67. The van der Waals surface area contributed by atoms with E-state index in [1.165, 1.54) is 219 Å². The predicted octanol–water partition coefficient (Wildman–Crippen LogP) is 13.7. The Morgan fingerprint density at radius 1 is 0.333 bits per heavy atom. The summed E-state index contributed by atoms with van der Waals surface area (Å²) < 4.78 is 0. The molecule has 0 heterocycles. The largest absolute Gasteiger partial charge is 0.317 e. The van der Waals surface area contributed by atoms with Crippen LogP contribution in [0, 0.1) is 0 Å². The van der Waals surface area contributed by atoms with Gasteiger partial charge >= 0.3 is 0 Å². The van der Waals surface area contributed by atoms with Gasteiger partial charge in [-0.2, -0.15) is 0 Å². The Kier molecular flexibility index (Phi) is 37.4. The Labute approximate surface area is 249 Å². The van der Waals surface area contributed by atoms with E-state index in [0.717, 1.165) is 0 Å². The molecule has 0 aromatic carbocycles. The number of allylic oxidation sites excluding steroid dienone is 2. The van der Waals surface area contributed by atoms with Gasteiger partial charge in [0, 0.05) is 0 Å². The zero-order valence-corrected chi connectivity index (χ0v) is 27.7. The average Bonchev–Trinajstić information content (AvgIpc) is 2.95. The van der Waals surface area contributed by atoms with Crippen molar-refractivity contribution in [3.8, 4) is 0 Å². The second-order valence-corrected chi connectivity index (χ2v) is 12.7. The highest BCUT2D eigenvalue weighted by molar-refractivity contribution is 4.76. The summed E-state index contributed by atoms with van der Waals surface area (Å²) in [6, 6.07) is 0. The van der Waals surface area contributed by atoms with Crippen molar-refractivity contribution >= 4 is 0 Å². The van der Waals surface area contributed by atoms with Gasteiger partial charge in [0.05, 0.1) is 0 Å². The second kappa shape index (κ2) is 37.7. The van der Waals surface area contributed by atoms with Crippen LogP contribution in [-0.2, 0) is 0 Å². The van der Waals surface area contributed by atoms with Crippen LogP contribution in [0.3, 0.4) is 0 Å². The van der Waals surface area contributed by atoms with Gasteiger partial charge in [0.15, 0.2) is 0 Å². The molecule has 0 rings (SSSR count). The lowest BCUT2D eigenvalue weighted by Crippen LogP contribution is -2.16. The molecular weight excluding hydrogens is 470 g/mol. The Morgan fingerprint density at radius 3 is 0.872 bits per heavy atom. The van der Waals surface area contributed by atoms with Crippen molar-refractivity contribution in [2.75, 3.05) is 13.1 Å². The summed E-state index contributed by atoms with van der Waals surface area (Å²) in [5.74, 6) is 0. The SMILES string of the molecule is CC=CCCCCCCCCCCCCCCCCCNCCCCCCCCCCCCCCCCCC. The molecule has 234 valence electrons. The summed E-state index contributed by atoms with van der Waals surface area (Å²) in [5, 5.41) is 3.69. The lowest BCUT2D eigenvalue weighted by Gasteiger charge is -2.06. The molecule has 0 radical (unpaired) electrons. The molecule has 0 unspecified atom stereocenters. The highest BCUT2D eigenvalue weighted by Gasteiger charge is 1.97. The van der Waals surface area contributed by atoms with Crippen LogP contribution in [0.2, 0.25) is 0 Å². The Hall–Kier alpha value is -0.300. The normalized spacial score (nSPS) is 11.7. The molecule has 0 aliphatic carbocycles. The van der Waals surface area contributed by atoms with Gasteiger partial charge in [-0.05, 0) is 45.7 Å². The third kappa shape index (κ3) is 37.7. The van der Waals surface area contributed by atoms with Crippen LogP contribution in [0.1, 0.15) is 219 Å². The fourth-order valence-corrected chi connectivity index (χ4v) is 5.90. The molecule has 0 atom stereocenters. The molecule has 1 heteroatoms. The molecular formula is C38H77N. The van der Waals surface area contributed by atoms with Crippen molar-refractivity contribution in [1.29, 1.82) is 0 Å². The van der Waals surface area contributed by atoms with Crippen molar-refractivity contribution in [3.05, 3.63) is 12.2 Å². The standard InChI is InChI=1S/C38H77N/c1-3-5-7-9-11-13-15-17-19-21-22-24-26-28-30-32-34-36-38-39-37-35-33-31-29-27-25-23-20-18-16-14-12-10-8-6-4-2/h3,5,39H,4,6-38H2,1-2H3. The number of hydrogen-bond acceptors (Lipinski definition) is 1. The molecule has 0 aromatic rings. The summed E-state index contributed by atoms with van der Waals surface area (Å²) in [6.07, 6.45) is 50.9. The monoisotopic (exact) mass is 548 g/mol. The Balaban J connectivity index is 3.02. The van der Waals surface area contributed by atoms with E-state index in [4.69, 9.17) is 0 Å². The highest BCUT2D eigenvalue weighted by Crippen LogP contribution is 2.15. The van der Waals surface area contributed by atoms with Crippen molar-refractivity contribution in [1.82, 2.24) is 5.32 Å². The van der Waals surface area contributed by atoms with E-state index >= 15 is 0 Å². The van der Waals surface area contributed by atoms with Crippen LogP contribution < -0.4 is 5.32 Å². The Bertz CT molecular complexity index is 428. The van der Waals surface area contributed by atoms with Crippen LogP contribution in [0.4, 0.5) is 0 Å². The predicted molar refractivity (Wildman–Crippen MR) is 181 cm³/mol. The van der Waals surface area contributed by atoms with Gasteiger partial charge < -0.3 is 5.32 Å². The number of hydrogen-bond donors (Lipinski definition) is 1. The summed E-state index contributed by atoms with van der Waals surface area (Å²) in [4.78, 5) is 0. The van der Waals surface area contributed by atoms with Crippen molar-refractivity contribution in [2.45, 2.75) is 219 Å². The minimum Gasteiger partial charge on any atom is -0.317 e. The zero-order chi connectivity index (χ0) is 28.2. The van der Waals surface area contributed by atoms with Gasteiger partial charge in [-0.15, -0.1) is 0 Å². The molecule has 39 heavy (non-hydrogen) atoms. The fraction of sp³-hybridized carbons (Fsp3) is 0.947. The molecule has 0 bridgehead atoms. The van der Waals surface area contributed by atoms with Crippen molar-refractivity contribution in [3.63, 3.8) is 0 Å². The van der Waals surface area contributed by atoms with E-state index in [0.29, 0.717) is 0 Å². The minimum absolute atomic E-state index is 1.24.